The molecular weight excluding hydrogens is 272 g/mol. The number of rotatable bonds is 12. The summed E-state index contributed by atoms with van der Waals surface area (Å²) in [5.74, 6) is 0. The maximum absolute atomic E-state index is 3.35. The second-order valence-electron chi connectivity index (χ2n) is 4.48. The molecule has 0 fully saturated rings. The Labute approximate surface area is 129 Å². The van der Waals surface area contributed by atoms with Gasteiger partial charge in [0.2, 0.25) is 0 Å². The minimum Gasteiger partial charge on any atom is -1.00 e. The van der Waals surface area contributed by atoms with Crippen molar-refractivity contribution >= 4 is 39.0 Å². The first-order chi connectivity index (χ1) is 7.41. The fourth-order valence-electron chi connectivity index (χ4n) is 1.89. The van der Waals surface area contributed by atoms with Crippen molar-refractivity contribution in [1.29, 1.82) is 0 Å². The van der Waals surface area contributed by atoms with E-state index in [9.17, 15) is 0 Å². The van der Waals surface area contributed by atoms with Crippen molar-refractivity contribution in [2.75, 3.05) is 0 Å². The molecule has 0 radical (unpaired) electrons. The van der Waals surface area contributed by atoms with Crippen molar-refractivity contribution in [3.05, 3.63) is 5.33 Å². The van der Waals surface area contributed by atoms with Crippen molar-refractivity contribution in [1.82, 2.24) is 0 Å². The van der Waals surface area contributed by atoms with Crippen LogP contribution in [0.5, 0.6) is 0 Å². The van der Waals surface area contributed by atoms with Gasteiger partial charge in [0.25, 0.3) is 0 Å². The molecule has 0 rings (SSSR count). The summed E-state index contributed by atoms with van der Waals surface area (Å²) in [6.45, 7) is 2.28. The summed E-state index contributed by atoms with van der Waals surface area (Å²) in [6.07, 6.45) is 17.0. The van der Waals surface area contributed by atoms with E-state index in [-0.39, 0.29) is 24.5 Å². The van der Waals surface area contributed by atoms with Gasteiger partial charge in [-0.05, 0) is 0 Å². The van der Waals surface area contributed by atoms with Gasteiger partial charge in [-0.3, -0.25) is 5.33 Å². The second kappa shape index (κ2) is 18.6. The number of halogens is 1. The van der Waals surface area contributed by atoms with Crippen LogP contribution in [0.3, 0.4) is 0 Å². The second-order valence-corrected chi connectivity index (χ2v) is 5.13. The third-order valence-electron chi connectivity index (χ3n) is 2.92. The molecule has 0 aromatic carbocycles. The van der Waals surface area contributed by atoms with Crippen LogP contribution in [0.25, 0.3) is 0 Å². The van der Waals surface area contributed by atoms with E-state index in [1.54, 1.807) is 0 Å². The van der Waals surface area contributed by atoms with Crippen LogP contribution >= 0.6 is 15.9 Å². The van der Waals surface area contributed by atoms with Gasteiger partial charge in [0.05, 0.1) is 0 Å². The van der Waals surface area contributed by atoms with Crippen LogP contribution in [-0.4, -0.2) is 23.1 Å². The molecular formula is C14H29BrMg. The maximum atomic E-state index is 3.35. The average Bonchev–Trinajstić information content (AvgIpc) is 2.26. The third-order valence-corrected chi connectivity index (χ3v) is 3.37. The summed E-state index contributed by atoms with van der Waals surface area (Å²) in [5, 5.41) is 2.10. The summed E-state index contributed by atoms with van der Waals surface area (Å²) >= 11 is 3.35. The Kier molecular flexibility index (Phi) is 22.8. The molecule has 0 aromatic heterocycles. The predicted octanol–water partition coefficient (Wildman–Crippen LogP) is 5.98. The molecule has 2 heteroatoms. The van der Waals surface area contributed by atoms with E-state index in [1.807, 2.05) is 0 Å². The largest absolute Gasteiger partial charge is 2.00 e. The van der Waals surface area contributed by atoms with Gasteiger partial charge in [0.1, 0.15) is 0 Å². The van der Waals surface area contributed by atoms with E-state index < -0.39 is 0 Å². The van der Waals surface area contributed by atoms with Gasteiger partial charge in [0, 0.05) is 0 Å². The summed E-state index contributed by atoms with van der Waals surface area (Å²) < 4.78 is 0. The molecule has 0 aliphatic carbocycles. The van der Waals surface area contributed by atoms with Crippen LogP contribution in [0, 0.1) is 5.33 Å². The SMILES string of the molecule is CCCCCCCCCCCCC[CH-]Br.[H-].[Mg+2]. The topological polar surface area (TPSA) is 0 Å². The van der Waals surface area contributed by atoms with Gasteiger partial charge >= 0.3 is 23.1 Å². The van der Waals surface area contributed by atoms with E-state index in [4.69, 9.17) is 0 Å². The average molecular weight is 302 g/mol. The van der Waals surface area contributed by atoms with E-state index in [2.05, 4.69) is 28.2 Å². The molecule has 0 aliphatic rings. The van der Waals surface area contributed by atoms with E-state index in [1.165, 1.54) is 77.0 Å². The summed E-state index contributed by atoms with van der Waals surface area (Å²) in [4.78, 5) is 0. The minimum absolute atomic E-state index is 0. The quantitative estimate of drug-likeness (QED) is 0.236. The Morgan fingerprint density at radius 1 is 0.750 bits per heavy atom. The van der Waals surface area contributed by atoms with E-state index >= 15 is 0 Å². The molecule has 0 spiro atoms. The molecule has 0 N–H and O–H groups in total. The van der Waals surface area contributed by atoms with Gasteiger partial charge in [-0.2, -0.15) is 6.42 Å². The monoisotopic (exact) mass is 300 g/mol. The summed E-state index contributed by atoms with van der Waals surface area (Å²) in [5.41, 5.74) is 0. The predicted molar refractivity (Wildman–Crippen MR) is 81.2 cm³/mol. The van der Waals surface area contributed by atoms with Crippen LogP contribution in [0.2, 0.25) is 0 Å². The van der Waals surface area contributed by atoms with Crippen molar-refractivity contribution in [2.24, 2.45) is 0 Å². The Bertz CT molecular complexity index is 100. The molecule has 0 heterocycles. The maximum Gasteiger partial charge on any atom is 2.00 e. The molecule has 0 bridgehead atoms. The van der Waals surface area contributed by atoms with Crippen molar-refractivity contribution in [3.8, 4) is 0 Å². The Hall–Kier alpha value is 1.25. The Morgan fingerprint density at radius 3 is 1.50 bits per heavy atom. The van der Waals surface area contributed by atoms with E-state index in [0.717, 1.165) is 0 Å². The number of hydrogen-bond donors (Lipinski definition) is 0. The molecule has 0 saturated carbocycles. The zero-order valence-corrected chi connectivity index (χ0v) is 14.1. The number of hydrogen-bond acceptors (Lipinski definition) is 0. The fraction of sp³-hybridized carbons (Fsp3) is 0.929. The summed E-state index contributed by atoms with van der Waals surface area (Å²) in [6, 6.07) is 0. The minimum atomic E-state index is 0. The van der Waals surface area contributed by atoms with Crippen LogP contribution in [0.15, 0.2) is 0 Å². The van der Waals surface area contributed by atoms with Crippen LogP contribution in [0.1, 0.15) is 85.4 Å². The normalized spacial score (nSPS) is 10.1. The molecule has 0 saturated heterocycles. The van der Waals surface area contributed by atoms with Crippen molar-refractivity contribution in [2.45, 2.75) is 84.0 Å². The summed E-state index contributed by atoms with van der Waals surface area (Å²) in [7, 11) is 0. The van der Waals surface area contributed by atoms with E-state index in [0.29, 0.717) is 0 Å². The molecule has 0 aliphatic heterocycles. The van der Waals surface area contributed by atoms with Gasteiger partial charge in [0.15, 0.2) is 0 Å². The third kappa shape index (κ3) is 17.6. The fourth-order valence-corrected chi connectivity index (χ4v) is 2.21. The zero-order chi connectivity index (χ0) is 11.2. The molecule has 0 atom stereocenters. The molecule has 0 nitrogen and oxygen atoms in total. The van der Waals surface area contributed by atoms with Crippen molar-refractivity contribution in [3.63, 3.8) is 0 Å². The first kappa shape index (κ1) is 19.6. The van der Waals surface area contributed by atoms with Crippen LogP contribution < -0.4 is 0 Å². The molecule has 0 amide bonds. The van der Waals surface area contributed by atoms with Gasteiger partial charge in [-0.15, -0.1) is 0 Å². The molecule has 0 aromatic rings. The Morgan fingerprint density at radius 2 is 1.12 bits per heavy atom. The zero-order valence-electron chi connectivity index (χ0n) is 12.1. The Balaban J connectivity index is -0.000000980. The standard InChI is InChI=1S/C14H28Br.Mg.H/c1-2-3-4-5-6-7-8-9-10-11-12-13-14-15;;/h14H,2-13H2,1H3;;/q-1;+2;-1. The number of unbranched alkanes of at least 4 members (excludes halogenated alkanes) is 11. The smallest absolute Gasteiger partial charge is 1.00 e. The molecule has 16 heavy (non-hydrogen) atoms. The first-order valence-corrected chi connectivity index (χ1v) is 7.75. The van der Waals surface area contributed by atoms with Crippen LogP contribution in [0.4, 0.5) is 0 Å². The van der Waals surface area contributed by atoms with Gasteiger partial charge in [-0.1, -0.05) is 77.6 Å². The molecule has 94 valence electrons. The first-order valence-electron chi connectivity index (χ1n) is 6.83. The van der Waals surface area contributed by atoms with Crippen LogP contribution in [-0.2, 0) is 0 Å². The van der Waals surface area contributed by atoms with Crippen molar-refractivity contribution < 1.29 is 1.43 Å². The van der Waals surface area contributed by atoms with Gasteiger partial charge in [-0.25, -0.2) is 0 Å². The van der Waals surface area contributed by atoms with Gasteiger partial charge < -0.3 is 17.4 Å². The molecule has 0 unspecified atom stereocenters.